The van der Waals surface area contributed by atoms with E-state index in [2.05, 4.69) is 59.6 Å². The molecular weight excluding hydrogens is 172 g/mol. The van der Waals surface area contributed by atoms with Crippen LogP contribution in [0.4, 0.5) is 0 Å². The molecule has 0 unspecified atom stereocenters. The second-order valence-electron chi connectivity index (χ2n) is 5.84. The molecule has 0 aromatic carbocycles. The van der Waals surface area contributed by atoms with Crippen molar-refractivity contribution in [1.29, 1.82) is 0 Å². The molecule has 0 saturated heterocycles. The number of hydrogen-bond donors (Lipinski definition) is 1. The molecule has 0 amide bonds. The lowest BCUT2D eigenvalue weighted by molar-refractivity contribution is 0.503. The molecule has 0 rings (SSSR count). The van der Waals surface area contributed by atoms with Gasteiger partial charge >= 0.3 is 0 Å². The van der Waals surface area contributed by atoms with Crippen LogP contribution < -0.4 is 5.84 Å². The van der Waals surface area contributed by atoms with Crippen molar-refractivity contribution in [2.45, 2.75) is 48.5 Å². The molecular formula is C12H24N2. The maximum atomic E-state index is 5.39. The van der Waals surface area contributed by atoms with Gasteiger partial charge < -0.3 is 5.84 Å². The number of nitrogens with two attached hydrogens (primary N) is 1. The third-order valence-electron chi connectivity index (χ3n) is 2.44. The molecule has 2 N–H and O–H groups in total. The molecule has 0 aliphatic heterocycles. The first kappa shape index (κ1) is 13.2. The van der Waals surface area contributed by atoms with E-state index in [0.29, 0.717) is 0 Å². The Morgan fingerprint density at radius 2 is 1.43 bits per heavy atom. The first-order chi connectivity index (χ1) is 6.09. The monoisotopic (exact) mass is 196 g/mol. The maximum absolute atomic E-state index is 5.39. The summed E-state index contributed by atoms with van der Waals surface area (Å²) in [5, 5.41) is 3.85. The summed E-state index contributed by atoms with van der Waals surface area (Å²) in [6.45, 7) is 15.0. The normalized spacial score (nSPS) is 15.9. The van der Waals surface area contributed by atoms with Crippen LogP contribution >= 0.6 is 0 Å². The average molecular weight is 196 g/mol. The molecule has 0 bridgehead atoms. The standard InChI is InChI=1S/C12H24N2/c1-9(11(2,3)4)8-10(14-13)12(5,6)7/h8H,13H2,1-7H3. The number of hydrogen-bond acceptors (Lipinski definition) is 2. The average Bonchev–Trinajstić information content (AvgIpc) is 1.95. The van der Waals surface area contributed by atoms with Crippen molar-refractivity contribution in [1.82, 2.24) is 0 Å². The zero-order valence-electron chi connectivity index (χ0n) is 10.6. The highest BCUT2D eigenvalue weighted by Crippen LogP contribution is 2.26. The molecule has 0 fully saturated rings. The van der Waals surface area contributed by atoms with Gasteiger partial charge in [0.05, 0.1) is 5.71 Å². The Balaban J connectivity index is 4.99. The van der Waals surface area contributed by atoms with E-state index in [9.17, 15) is 0 Å². The van der Waals surface area contributed by atoms with Crippen LogP contribution in [0.3, 0.4) is 0 Å². The Morgan fingerprint density at radius 3 is 1.64 bits per heavy atom. The Kier molecular flexibility index (Phi) is 3.92. The van der Waals surface area contributed by atoms with Gasteiger partial charge in [0.15, 0.2) is 0 Å². The van der Waals surface area contributed by atoms with Gasteiger partial charge in [-0.25, -0.2) is 0 Å². The molecule has 0 heterocycles. The predicted molar refractivity (Wildman–Crippen MR) is 64.3 cm³/mol. The minimum Gasteiger partial charge on any atom is -0.323 e. The Morgan fingerprint density at radius 1 is 1.00 bits per heavy atom. The van der Waals surface area contributed by atoms with Gasteiger partial charge in [0.2, 0.25) is 0 Å². The van der Waals surface area contributed by atoms with Gasteiger partial charge in [0.1, 0.15) is 0 Å². The Labute approximate surface area is 88.3 Å². The summed E-state index contributed by atoms with van der Waals surface area (Å²) in [5.74, 6) is 5.39. The molecule has 0 spiro atoms. The number of hydrazone groups is 1. The molecule has 2 nitrogen and oxygen atoms in total. The number of allylic oxidation sites excluding steroid dienone is 2. The van der Waals surface area contributed by atoms with Crippen molar-refractivity contribution < 1.29 is 0 Å². The van der Waals surface area contributed by atoms with E-state index in [1.807, 2.05) is 0 Å². The van der Waals surface area contributed by atoms with Gasteiger partial charge in [-0.05, 0) is 18.4 Å². The molecule has 0 radical (unpaired) electrons. The van der Waals surface area contributed by atoms with Crippen LogP contribution in [-0.4, -0.2) is 5.71 Å². The summed E-state index contributed by atoms with van der Waals surface area (Å²) >= 11 is 0. The summed E-state index contributed by atoms with van der Waals surface area (Å²) in [7, 11) is 0. The first-order valence-electron chi connectivity index (χ1n) is 5.06. The van der Waals surface area contributed by atoms with Gasteiger partial charge in [-0.3, -0.25) is 0 Å². The third kappa shape index (κ3) is 3.95. The van der Waals surface area contributed by atoms with E-state index in [0.717, 1.165) is 5.71 Å². The molecule has 0 aromatic rings. The summed E-state index contributed by atoms with van der Waals surface area (Å²) < 4.78 is 0. The SMILES string of the molecule is CC(=CC(=NN)C(C)(C)C)C(C)(C)C. The van der Waals surface area contributed by atoms with E-state index in [1.54, 1.807) is 0 Å². The molecule has 0 aromatic heterocycles. The van der Waals surface area contributed by atoms with Crippen molar-refractivity contribution in [2.75, 3.05) is 0 Å². The summed E-state index contributed by atoms with van der Waals surface area (Å²) in [6, 6.07) is 0. The van der Waals surface area contributed by atoms with E-state index < -0.39 is 0 Å². The lowest BCUT2D eigenvalue weighted by Gasteiger charge is -2.23. The maximum Gasteiger partial charge on any atom is 0.0653 e. The third-order valence-corrected chi connectivity index (χ3v) is 2.44. The predicted octanol–water partition coefficient (Wildman–Crippen LogP) is 3.34. The summed E-state index contributed by atoms with van der Waals surface area (Å²) in [4.78, 5) is 0. The highest BCUT2D eigenvalue weighted by atomic mass is 15.1. The van der Waals surface area contributed by atoms with Crippen molar-refractivity contribution >= 4 is 5.71 Å². The molecule has 14 heavy (non-hydrogen) atoms. The van der Waals surface area contributed by atoms with E-state index >= 15 is 0 Å². The first-order valence-corrected chi connectivity index (χ1v) is 5.06. The van der Waals surface area contributed by atoms with E-state index in [4.69, 9.17) is 5.84 Å². The minimum atomic E-state index is 0.0151. The zero-order valence-corrected chi connectivity index (χ0v) is 10.6. The van der Waals surface area contributed by atoms with E-state index in [1.165, 1.54) is 5.57 Å². The smallest absolute Gasteiger partial charge is 0.0653 e. The lowest BCUT2D eigenvalue weighted by Crippen LogP contribution is -2.21. The lowest BCUT2D eigenvalue weighted by atomic mass is 9.83. The zero-order chi connectivity index (χ0) is 11.6. The van der Waals surface area contributed by atoms with Crippen LogP contribution in [0.15, 0.2) is 16.8 Å². The molecule has 0 atom stereocenters. The topological polar surface area (TPSA) is 38.4 Å². The van der Waals surface area contributed by atoms with Crippen LogP contribution in [0.25, 0.3) is 0 Å². The number of nitrogens with zero attached hydrogens (tertiary/aromatic N) is 1. The second-order valence-corrected chi connectivity index (χ2v) is 5.84. The van der Waals surface area contributed by atoms with E-state index in [-0.39, 0.29) is 10.8 Å². The van der Waals surface area contributed by atoms with Gasteiger partial charge in [-0.15, -0.1) is 0 Å². The molecule has 82 valence electrons. The van der Waals surface area contributed by atoms with Crippen molar-refractivity contribution in [3.63, 3.8) is 0 Å². The van der Waals surface area contributed by atoms with Crippen LogP contribution in [-0.2, 0) is 0 Å². The van der Waals surface area contributed by atoms with Gasteiger partial charge in [-0.1, -0.05) is 47.1 Å². The Bertz CT molecular complexity index is 246. The highest BCUT2D eigenvalue weighted by Gasteiger charge is 2.20. The molecule has 0 aliphatic carbocycles. The van der Waals surface area contributed by atoms with Crippen molar-refractivity contribution in [3.8, 4) is 0 Å². The molecule has 2 heteroatoms. The van der Waals surface area contributed by atoms with Crippen LogP contribution in [0.2, 0.25) is 0 Å². The summed E-state index contributed by atoms with van der Waals surface area (Å²) in [5.41, 5.74) is 2.45. The van der Waals surface area contributed by atoms with Gasteiger partial charge in [0.25, 0.3) is 0 Å². The van der Waals surface area contributed by atoms with Crippen LogP contribution in [0.1, 0.15) is 48.5 Å². The summed E-state index contributed by atoms with van der Waals surface area (Å²) in [6.07, 6.45) is 2.10. The van der Waals surface area contributed by atoms with Crippen molar-refractivity contribution in [3.05, 3.63) is 11.6 Å². The quantitative estimate of drug-likeness (QED) is 0.390. The fourth-order valence-corrected chi connectivity index (χ4v) is 0.869. The highest BCUT2D eigenvalue weighted by molar-refractivity contribution is 5.99. The van der Waals surface area contributed by atoms with Crippen LogP contribution in [0.5, 0.6) is 0 Å². The molecule has 0 saturated carbocycles. The fraction of sp³-hybridized carbons (Fsp3) is 0.750. The van der Waals surface area contributed by atoms with Crippen LogP contribution in [0, 0.1) is 10.8 Å². The van der Waals surface area contributed by atoms with Gasteiger partial charge in [0, 0.05) is 5.41 Å². The Hall–Kier alpha value is -0.790. The number of rotatable bonds is 1. The minimum absolute atomic E-state index is 0.0151. The fourth-order valence-electron chi connectivity index (χ4n) is 0.869. The van der Waals surface area contributed by atoms with Crippen molar-refractivity contribution in [2.24, 2.45) is 21.8 Å². The largest absolute Gasteiger partial charge is 0.323 e. The van der Waals surface area contributed by atoms with Gasteiger partial charge in [-0.2, -0.15) is 5.10 Å². The molecule has 0 aliphatic rings. The second kappa shape index (κ2) is 4.16.